The van der Waals surface area contributed by atoms with E-state index in [1.165, 1.54) is 7.11 Å². The number of aliphatic hydroxyl groups excluding tert-OH is 1. The van der Waals surface area contributed by atoms with E-state index in [4.69, 9.17) is 14.5 Å². The second kappa shape index (κ2) is 11.4. The molecule has 1 saturated heterocycles. The maximum Gasteiger partial charge on any atom is 0.387 e. The molecule has 3 aliphatic rings. The Morgan fingerprint density at radius 1 is 1.00 bits per heavy atom. The van der Waals surface area contributed by atoms with Gasteiger partial charge < -0.3 is 24.4 Å². The number of fused-ring (bicyclic) bond motifs is 3. The molecule has 3 heterocycles. The SMILES string of the molecule is COc1cc2c(cc1OC(F)F)C1CC(O)CCC1N=C2c1ccc(C(=O)N2CCN(c3ccncc3)CC2)cc1. The number of benzene rings is 2. The Morgan fingerprint density at radius 2 is 1.73 bits per heavy atom. The summed E-state index contributed by atoms with van der Waals surface area (Å²) in [5.74, 6) is 0.0133. The summed E-state index contributed by atoms with van der Waals surface area (Å²) in [6.07, 6.45) is 4.89. The molecule has 3 aromatic rings. The fraction of sp³-hybridized carbons (Fsp3) is 0.387. The number of pyridine rings is 1. The van der Waals surface area contributed by atoms with Crippen LogP contribution < -0.4 is 14.4 Å². The molecule has 2 aromatic carbocycles. The lowest BCUT2D eigenvalue weighted by atomic mass is 9.74. The summed E-state index contributed by atoms with van der Waals surface area (Å²) in [6, 6.07) is 14.6. The molecule has 3 unspecified atom stereocenters. The number of ether oxygens (including phenoxy) is 2. The van der Waals surface area contributed by atoms with Gasteiger partial charge in [-0.25, -0.2) is 0 Å². The van der Waals surface area contributed by atoms with Crippen molar-refractivity contribution in [1.82, 2.24) is 9.88 Å². The fourth-order valence-corrected chi connectivity index (χ4v) is 6.20. The van der Waals surface area contributed by atoms with E-state index in [0.717, 1.165) is 35.5 Å². The summed E-state index contributed by atoms with van der Waals surface area (Å²) < 4.78 is 36.5. The van der Waals surface area contributed by atoms with Gasteiger partial charge in [0, 0.05) is 66.9 Å². The van der Waals surface area contributed by atoms with Gasteiger partial charge in [0.2, 0.25) is 0 Å². The Balaban J connectivity index is 1.25. The van der Waals surface area contributed by atoms with E-state index in [1.807, 2.05) is 41.3 Å². The third-order valence-corrected chi connectivity index (χ3v) is 8.29. The number of methoxy groups -OCH3 is 1. The van der Waals surface area contributed by atoms with Crippen LogP contribution in [-0.4, -0.2) is 78.7 Å². The van der Waals surface area contributed by atoms with Crippen LogP contribution in [0.1, 0.15) is 52.2 Å². The van der Waals surface area contributed by atoms with E-state index < -0.39 is 12.7 Å². The molecule has 1 aromatic heterocycles. The minimum Gasteiger partial charge on any atom is -0.493 e. The number of rotatable bonds is 6. The quantitative estimate of drug-likeness (QED) is 0.476. The lowest BCUT2D eigenvalue weighted by Crippen LogP contribution is -2.48. The number of carbonyl (C=O) groups excluding carboxylic acids is 1. The van der Waals surface area contributed by atoms with E-state index in [1.54, 1.807) is 24.5 Å². The van der Waals surface area contributed by atoms with Gasteiger partial charge in [0.05, 0.1) is 25.0 Å². The number of aliphatic imine (C=N–C) groups is 1. The monoisotopic (exact) mass is 562 g/mol. The molecule has 1 saturated carbocycles. The number of nitrogens with zero attached hydrogens (tertiary/aromatic N) is 4. The van der Waals surface area contributed by atoms with Gasteiger partial charge >= 0.3 is 6.61 Å². The standard InChI is InChI=1S/C31H32F2N4O4/c1-40-27-18-25-23(17-28(27)41-31(32)33)24-16-22(38)6-7-26(24)35-29(25)19-2-4-20(5-3-19)30(39)37-14-12-36(13-15-37)21-8-10-34-11-9-21/h2-5,8-11,17-18,22,24,26,31,38H,6-7,12-16H2,1H3. The molecule has 0 bridgehead atoms. The normalized spacial score (nSPS) is 22.1. The van der Waals surface area contributed by atoms with Crippen LogP contribution in [0.25, 0.3) is 0 Å². The number of aliphatic hydroxyl groups is 1. The second-order valence-corrected chi connectivity index (χ2v) is 10.6. The van der Waals surface area contributed by atoms with E-state index >= 15 is 0 Å². The third kappa shape index (κ3) is 5.48. The molecular weight excluding hydrogens is 530 g/mol. The molecule has 2 aliphatic heterocycles. The minimum absolute atomic E-state index is 0.0197. The van der Waals surface area contributed by atoms with Gasteiger partial charge in [0.25, 0.3) is 5.91 Å². The van der Waals surface area contributed by atoms with Crippen LogP contribution in [0.5, 0.6) is 11.5 Å². The van der Waals surface area contributed by atoms with Crippen LogP contribution in [0.15, 0.2) is 65.9 Å². The van der Waals surface area contributed by atoms with Crippen molar-refractivity contribution < 1.29 is 28.2 Å². The highest BCUT2D eigenvalue weighted by Crippen LogP contribution is 2.45. The van der Waals surface area contributed by atoms with Gasteiger partial charge in [0.15, 0.2) is 11.5 Å². The summed E-state index contributed by atoms with van der Waals surface area (Å²) in [5.41, 5.74) is 4.79. The van der Waals surface area contributed by atoms with Crippen LogP contribution in [0.3, 0.4) is 0 Å². The smallest absolute Gasteiger partial charge is 0.387 e. The molecule has 1 amide bonds. The first-order valence-corrected chi connectivity index (χ1v) is 13.9. The van der Waals surface area contributed by atoms with Crippen molar-refractivity contribution in [2.75, 3.05) is 38.2 Å². The van der Waals surface area contributed by atoms with Gasteiger partial charge in [-0.05, 0) is 61.2 Å². The van der Waals surface area contributed by atoms with Crippen LogP contribution >= 0.6 is 0 Å². The Hall–Kier alpha value is -4.05. The first kappa shape index (κ1) is 27.1. The number of hydrogen-bond acceptors (Lipinski definition) is 7. The Morgan fingerprint density at radius 3 is 2.41 bits per heavy atom. The number of carbonyl (C=O) groups is 1. The maximum absolute atomic E-state index is 13.3. The molecule has 10 heteroatoms. The van der Waals surface area contributed by atoms with Crippen molar-refractivity contribution in [2.45, 2.75) is 43.9 Å². The number of aromatic nitrogens is 1. The van der Waals surface area contributed by atoms with Crippen molar-refractivity contribution >= 4 is 17.3 Å². The minimum atomic E-state index is -2.99. The summed E-state index contributed by atoms with van der Waals surface area (Å²) in [4.78, 5) is 26.6. The second-order valence-electron chi connectivity index (χ2n) is 10.6. The van der Waals surface area contributed by atoms with Crippen molar-refractivity contribution in [2.24, 2.45) is 4.99 Å². The highest BCUT2D eigenvalue weighted by atomic mass is 19.3. The van der Waals surface area contributed by atoms with Gasteiger partial charge in [-0.2, -0.15) is 8.78 Å². The number of alkyl halides is 2. The number of piperazine rings is 1. The predicted molar refractivity (Wildman–Crippen MR) is 150 cm³/mol. The lowest BCUT2D eigenvalue weighted by Gasteiger charge is -2.37. The lowest BCUT2D eigenvalue weighted by molar-refractivity contribution is -0.0513. The zero-order valence-electron chi connectivity index (χ0n) is 22.7. The van der Waals surface area contributed by atoms with Gasteiger partial charge in [-0.15, -0.1) is 0 Å². The average molecular weight is 563 g/mol. The molecule has 214 valence electrons. The Labute approximate surface area is 237 Å². The highest BCUT2D eigenvalue weighted by Gasteiger charge is 2.37. The van der Waals surface area contributed by atoms with Crippen LogP contribution in [-0.2, 0) is 0 Å². The molecule has 2 fully saturated rings. The first-order valence-electron chi connectivity index (χ1n) is 13.9. The topological polar surface area (TPSA) is 87.5 Å². The molecule has 3 atom stereocenters. The van der Waals surface area contributed by atoms with Crippen LogP contribution in [0, 0.1) is 0 Å². The number of amides is 1. The van der Waals surface area contributed by atoms with Crippen molar-refractivity contribution in [3.63, 3.8) is 0 Å². The summed E-state index contributed by atoms with van der Waals surface area (Å²) in [6.45, 7) is -0.244. The Kier molecular flexibility index (Phi) is 7.57. The van der Waals surface area contributed by atoms with E-state index in [-0.39, 0.29) is 29.4 Å². The molecule has 0 spiro atoms. The first-order chi connectivity index (χ1) is 19.9. The molecular formula is C31H32F2N4O4. The highest BCUT2D eigenvalue weighted by molar-refractivity contribution is 6.15. The molecule has 8 nitrogen and oxygen atoms in total. The largest absolute Gasteiger partial charge is 0.493 e. The molecule has 6 rings (SSSR count). The molecule has 41 heavy (non-hydrogen) atoms. The van der Waals surface area contributed by atoms with Gasteiger partial charge in [0.1, 0.15) is 0 Å². The fourth-order valence-electron chi connectivity index (χ4n) is 6.20. The average Bonchev–Trinajstić information content (AvgIpc) is 3.00. The number of hydrogen-bond donors (Lipinski definition) is 1. The van der Waals surface area contributed by atoms with Crippen molar-refractivity contribution in [3.8, 4) is 11.5 Å². The number of halogens is 2. The van der Waals surface area contributed by atoms with Crippen LogP contribution in [0.2, 0.25) is 0 Å². The third-order valence-electron chi connectivity index (χ3n) is 8.29. The summed E-state index contributed by atoms with van der Waals surface area (Å²) in [7, 11) is 1.41. The molecule has 1 N–H and O–H groups in total. The Bertz CT molecular complexity index is 1430. The van der Waals surface area contributed by atoms with Crippen molar-refractivity contribution in [1.29, 1.82) is 0 Å². The van der Waals surface area contributed by atoms with E-state index in [0.29, 0.717) is 43.6 Å². The molecule has 0 radical (unpaired) electrons. The van der Waals surface area contributed by atoms with Crippen molar-refractivity contribution in [3.05, 3.63) is 83.2 Å². The van der Waals surface area contributed by atoms with Gasteiger partial charge in [-0.3, -0.25) is 14.8 Å². The summed E-state index contributed by atoms with van der Waals surface area (Å²) in [5, 5.41) is 10.4. The molecule has 1 aliphatic carbocycles. The summed E-state index contributed by atoms with van der Waals surface area (Å²) >= 11 is 0. The van der Waals surface area contributed by atoms with E-state index in [9.17, 15) is 18.7 Å². The predicted octanol–water partition coefficient (Wildman–Crippen LogP) is 4.50. The van der Waals surface area contributed by atoms with Gasteiger partial charge in [-0.1, -0.05) is 12.1 Å². The maximum atomic E-state index is 13.3. The van der Waals surface area contributed by atoms with E-state index in [2.05, 4.69) is 9.88 Å². The zero-order valence-corrected chi connectivity index (χ0v) is 22.7. The zero-order chi connectivity index (χ0) is 28.5. The number of anilines is 1. The van der Waals surface area contributed by atoms with Crippen LogP contribution in [0.4, 0.5) is 14.5 Å².